The van der Waals surface area contributed by atoms with E-state index in [-0.39, 0.29) is 5.60 Å². The van der Waals surface area contributed by atoms with Crippen LogP contribution in [0.3, 0.4) is 0 Å². The number of nitrogens with zero attached hydrogens (tertiary/aromatic N) is 2. The summed E-state index contributed by atoms with van der Waals surface area (Å²) in [5, 5.41) is 10.2. The second-order valence-corrected chi connectivity index (χ2v) is 11.8. The second-order valence-electron chi connectivity index (χ2n) is 11.8. The molecule has 41 heavy (non-hydrogen) atoms. The van der Waals surface area contributed by atoms with Gasteiger partial charge in [-0.1, -0.05) is 121 Å². The van der Waals surface area contributed by atoms with Crippen molar-refractivity contribution in [2.24, 2.45) is 0 Å². The van der Waals surface area contributed by atoms with Crippen LogP contribution in [0.1, 0.15) is 47.9 Å². The maximum Gasteiger partial charge on any atom is 0.0807 e. The maximum absolute atomic E-state index is 10.2. The Hall–Kier alpha value is -3.28. The zero-order valence-electron chi connectivity index (χ0n) is 24.4. The molecule has 2 aliphatic carbocycles. The summed E-state index contributed by atoms with van der Waals surface area (Å²) in [7, 11) is 1.84. The van der Waals surface area contributed by atoms with Crippen LogP contribution >= 0.6 is 0 Å². The van der Waals surface area contributed by atoms with Crippen molar-refractivity contribution in [3.63, 3.8) is 0 Å². The minimum Gasteiger partial charge on any atom is -0.389 e. The van der Waals surface area contributed by atoms with E-state index >= 15 is 0 Å². The molecule has 0 saturated heterocycles. The van der Waals surface area contributed by atoms with Crippen LogP contribution in [0.2, 0.25) is 0 Å². The van der Waals surface area contributed by atoms with Gasteiger partial charge in [-0.2, -0.15) is 0 Å². The molecule has 2 aliphatic rings. The third kappa shape index (κ3) is 9.65. The van der Waals surface area contributed by atoms with Crippen molar-refractivity contribution >= 4 is 0 Å². The third-order valence-electron chi connectivity index (χ3n) is 8.09. The van der Waals surface area contributed by atoms with Gasteiger partial charge < -0.3 is 9.84 Å². The fraction of sp³-hybridized carbons (Fsp3) is 0.351. The van der Waals surface area contributed by atoms with Crippen molar-refractivity contribution < 1.29 is 9.84 Å². The highest BCUT2D eigenvalue weighted by Crippen LogP contribution is 2.40. The number of ether oxygens (including phenoxy) is 1. The molecule has 0 aliphatic heterocycles. The fourth-order valence-corrected chi connectivity index (χ4v) is 5.39. The molecule has 2 fully saturated rings. The average molecular weight is 549 g/mol. The minimum atomic E-state index is -0.441. The normalized spacial score (nSPS) is 16.2. The number of aliphatic hydroxyl groups is 1. The van der Waals surface area contributed by atoms with Gasteiger partial charge in [0, 0.05) is 46.4 Å². The summed E-state index contributed by atoms with van der Waals surface area (Å²) in [6.07, 6.45) is 4.24. The summed E-state index contributed by atoms with van der Waals surface area (Å²) < 4.78 is 5.71. The molecule has 0 bridgehead atoms. The Morgan fingerprint density at radius 1 is 0.512 bits per heavy atom. The molecule has 4 nitrogen and oxygen atoms in total. The van der Waals surface area contributed by atoms with Gasteiger partial charge in [0.25, 0.3) is 0 Å². The molecule has 214 valence electrons. The Bertz CT molecular complexity index is 1210. The van der Waals surface area contributed by atoms with E-state index in [0.29, 0.717) is 0 Å². The van der Waals surface area contributed by atoms with Gasteiger partial charge in [-0.15, -0.1) is 0 Å². The monoisotopic (exact) mass is 548 g/mol. The highest BCUT2D eigenvalue weighted by Gasteiger charge is 2.44. The SMILES string of the molecule is COC1(CN(Cc2ccccc2)Cc2ccccc2)CC1.OC1(CN(Cc2ccccc2)Cc2ccccc2)CC1. The van der Waals surface area contributed by atoms with E-state index in [4.69, 9.17) is 4.74 Å². The summed E-state index contributed by atoms with van der Waals surface area (Å²) in [5.74, 6) is 0. The third-order valence-corrected chi connectivity index (χ3v) is 8.09. The van der Waals surface area contributed by atoms with E-state index in [1.54, 1.807) is 0 Å². The largest absolute Gasteiger partial charge is 0.389 e. The van der Waals surface area contributed by atoms with Gasteiger partial charge in [-0.05, 0) is 47.9 Å². The Morgan fingerprint density at radius 3 is 1.10 bits per heavy atom. The van der Waals surface area contributed by atoms with Crippen LogP contribution in [0.25, 0.3) is 0 Å². The van der Waals surface area contributed by atoms with Crippen molar-refractivity contribution in [1.29, 1.82) is 0 Å². The summed E-state index contributed by atoms with van der Waals surface area (Å²) in [6, 6.07) is 42.3. The maximum atomic E-state index is 10.2. The average Bonchev–Trinajstić information content (AvgIpc) is 3.94. The molecule has 1 N–H and O–H groups in total. The molecular formula is C37H44N2O2. The predicted molar refractivity (Wildman–Crippen MR) is 167 cm³/mol. The summed E-state index contributed by atoms with van der Waals surface area (Å²) in [5.41, 5.74) is 4.98. The quantitative estimate of drug-likeness (QED) is 0.194. The van der Waals surface area contributed by atoms with Crippen LogP contribution in [-0.4, -0.2) is 46.3 Å². The molecule has 2 saturated carbocycles. The Kier molecular flexibility index (Phi) is 10.0. The van der Waals surface area contributed by atoms with Crippen LogP contribution in [0.5, 0.6) is 0 Å². The number of hydrogen-bond acceptors (Lipinski definition) is 4. The number of hydrogen-bond donors (Lipinski definition) is 1. The van der Waals surface area contributed by atoms with Crippen molar-refractivity contribution in [2.45, 2.75) is 63.1 Å². The fourth-order valence-electron chi connectivity index (χ4n) is 5.39. The molecule has 0 radical (unpaired) electrons. The lowest BCUT2D eigenvalue weighted by atomic mass is 10.1. The predicted octanol–water partition coefficient (Wildman–Crippen LogP) is 7.08. The number of rotatable bonds is 13. The van der Waals surface area contributed by atoms with Gasteiger partial charge in [0.05, 0.1) is 11.2 Å². The van der Waals surface area contributed by atoms with Crippen LogP contribution in [0.15, 0.2) is 121 Å². The van der Waals surface area contributed by atoms with Crippen molar-refractivity contribution in [2.75, 3.05) is 20.2 Å². The van der Waals surface area contributed by atoms with Gasteiger partial charge in [-0.25, -0.2) is 0 Å². The smallest absolute Gasteiger partial charge is 0.0807 e. The van der Waals surface area contributed by atoms with E-state index in [0.717, 1.165) is 52.1 Å². The highest BCUT2D eigenvalue weighted by atomic mass is 16.5. The number of methoxy groups -OCH3 is 1. The van der Waals surface area contributed by atoms with Crippen LogP contribution < -0.4 is 0 Å². The molecule has 4 aromatic rings. The van der Waals surface area contributed by atoms with Crippen molar-refractivity contribution in [3.8, 4) is 0 Å². The van der Waals surface area contributed by atoms with E-state index < -0.39 is 5.60 Å². The van der Waals surface area contributed by atoms with E-state index in [1.807, 2.05) is 19.2 Å². The van der Waals surface area contributed by atoms with Crippen LogP contribution in [-0.2, 0) is 30.9 Å². The van der Waals surface area contributed by atoms with Crippen molar-refractivity contribution in [3.05, 3.63) is 144 Å². The lowest BCUT2D eigenvalue weighted by Gasteiger charge is -2.27. The lowest BCUT2D eigenvalue weighted by molar-refractivity contribution is 0.0384. The minimum absolute atomic E-state index is 0.101. The van der Waals surface area contributed by atoms with Crippen LogP contribution in [0.4, 0.5) is 0 Å². The zero-order valence-corrected chi connectivity index (χ0v) is 24.4. The first-order valence-corrected chi connectivity index (χ1v) is 14.9. The van der Waals surface area contributed by atoms with E-state index in [2.05, 4.69) is 119 Å². The van der Waals surface area contributed by atoms with E-state index in [9.17, 15) is 5.11 Å². The molecule has 0 unspecified atom stereocenters. The van der Waals surface area contributed by atoms with Gasteiger partial charge >= 0.3 is 0 Å². The number of benzene rings is 4. The van der Waals surface area contributed by atoms with Gasteiger partial charge in [0.15, 0.2) is 0 Å². The molecular weight excluding hydrogens is 504 g/mol. The molecule has 0 amide bonds. The van der Waals surface area contributed by atoms with Crippen LogP contribution in [0, 0.1) is 0 Å². The zero-order chi connectivity index (χ0) is 28.4. The second kappa shape index (κ2) is 14.1. The Balaban J connectivity index is 0.000000165. The van der Waals surface area contributed by atoms with Gasteiger partial charge in [-0.3, -0.25) is 9.80 Å². The Morgan fingerprint density at radius 2 is 0.829 bits per heavy atom. The summed E-state index contributed by atoms with van der Waals surface area (Å²) >= 11 is 0. The highest BCUT2D eigenvalue weighted by molar-refractivity contribution is 5.19. The first-order chi connectivity index (χ1) is 20.0. The molecule has 4 heteroatoms. The molecule has 4 aromatic carbocycles. The summed E-state index contributed by atoms with van der Waals surface area (Å²) in [6.45, 7) is 5.49. The topological polar surface area (TPSA) is 35.9 Å². The molecule has 0 heterocycles. The molecule has 0 aromatic heterocycles. The molecule has 0 spiro atoms. The first-order valence-electron chi connectivity index (χ1n) is 14.9. The Labute approximate surface area is 246 Å². The van der Waals surface area contributed by atoms with E-state index in [1.165, 1.54) is 35.1 Å². The van der Waals surface area contributed by atoms with Gasteiger partial charge in [0.2, 0.25) is 0 Å². The molecule has 0 atom stereocenters. The molecule has 6 rings (SSSR count). The van der Waals surface area contributed by atoms with Gasteiger partial charge in [0.1, 0.15) is 0 Å². The first kappa shape index (κ1) is 29.2. The summed E-state index contributed by atoms with van der Waals surface area (Å²) in [4.78, 5) is 4.85. The standard InChI is InChI=1S/C19H23NO.C18H21NO/c1-21-19(12-13-19)16-20(14-17-8-4-2-5-9-17)15-18-10-6-3-7-11-18;20-18(11-12-18)15-19(13-16-7-3-1-4-8-16)14-17-9-5-2-6-10-17/h2-11H,12-16H2,1H3;1-10,20H,11-15H2. The van der Waals surface area contributed by atoms with Crippen molar-refractivity contribution in [1.82, 2.24) is 9.80 Å². The lowest BCUT2D eigenvalue weighted by Crippen LogP contribution is -2.34.